The van der Waals surface area contributed by atoms with E-state index in [4.69, 9.17) is 4.74 Å². The lowest BCUT2D eigenvalue weighted by Crippen LogP contribution is -2.45. The van der Waals surface area contributed by atoms with Crippen LogP contribution in [0.3, 0.4) is 0 Å². The van der Waals surface area contributed by atoms with Crippen molar-refractivity contribution >= 4 is 0 Å². The summed E-state index contributed by atoms with van der Waals surface area (Å²) in [7, 11) is 0. The van der Waals surface area contributed by atoms with Gasteiger partial charge in [-0.3, -0.25) is 4.90 Å². The Labute approximate surface area is 165 Å². The third kappa shape index (κ3) is 4.41. The number of benzene rings is 3. The highest BCUT2D eigenvalue weighted by atomic mass is 19.1. The van der Waals surface area contributed by atoms with Crippen LogP contribution in [0.25, 0.3) is 0 Å². The van der Waals surface area contributed by atoms with Crippen LogP contribution in [0.5, 0.6) is 5.75 Å². The molecular weight excluding hydrogens is 351 g/mol. The maximum absolute atomic E-state index is 13.5. The van der Waals surface area contributed by atoms with Crippen molar-refractivity contribution in [2.24, 2.45) is 0 Å². The van der Waals surface area contributed by atoms with E-state index in [-0.39, 0.29) is 11.9 Å². The van der Waals surface area contributed by atoms with Gasteiger partial charge < -0.3 is 10.1 Å². The molecule has 0 saturated carbocycles. The van der Waals surface area contributed by atoms with Crippen LogP contribution in [0.15, 0.2) is 78.9 Å². The molecule has 4 rings (SSSR count). The van der Waals surface area contributed by atoms with E-state index in [1.165, 1.54) is 12.1 Å². The second kappa shape index (κ2) is 9.00. The van der Waals surface area contributed by atoms with E-state index >= 15 is 0 Å². The first kappa shape index (κ1) is 18.7. The average molecular weight is 376 g/mol. The molecule has 1 aliphatic heterocycles. The molecule has 0 radical (unpaired) electrons. The molecule has 0 spiro atoms. The summed E-state index contributed by atoms with van der Waals surface area (Å²) in [6, 6.07) is 25.3. The third-order valence-corrected chi connectivity index (χ3v) is 5.15. The Bertz CT molecular complexity index is 877. The zero-order valence-electron chi connectivity index (χ0n) is 15.9. The Balaban J connectivity index is 1.66. The van der Waals surface area contributed by atoms with Gasteiger partial charge in [-0.25, -0.2) is 4.39 Å². The Morgan fingerprint density at radius 2 is 1.54 bits per heavy atom. The molecular formula is C24H25FN2O. The summed E-state index contributed by atoms with van der Waals surface area (Å²) in [4.78, 5) is 2.44. The minimum Gasteiger partial charge on any atom is -0.489 e. The highest BCUT2D eigenvalue weighted by Gasteiger charge is 2.26. The van der Waals surface area contributed by atoms with Crippen LogP contribution in [0, 0.1) is 5.82 Å². The lowest BCUT2D eigenvalue weighted by atomic mass is 9.95. The van der Waals surface area contributed by atoms with Crippen molar-refractivity contribution in [3.05, 3.63) is 101 Å². The molecule has 1 fully saturated rings. The van der Waals surface area contributed by atoms with Gasteiger partial charge in [0.15, 0.2) is 0 Å². The summed E-state index contributed by atoms with van der Waals surface area (Å²) >= 11 is 0. The lowest BCUT2D eigenvalue weighted by Gasteiger charge is -2.36. The fraction of sp³-hybridized carbons (Fsp3) is 0.250. The van der Waals surface area contributed by atoms with E-state index in [0.717, 1.165) is 48.6 Å². The lowest BCUT2D eigenvalue weighted by molar-refractivity contribution is 0.192. The molecule has 3 aromatic carbocycles. The Morgan fingerprint density at radius 3 is 2.29 bits per heavy atom. The van der Waals surface area contributed by atoms with Gasteiger partial charge in [-0.15, -0.1) is 0 Å². The minimum absolute atomic E-state index is 0.0367. The van der Waals surface area contributed by atoms with Gasteiger partial charge in [0.25, 0.3) is 0 Å². The van der Waals surface area contributed by atoms with Gasteiger partial charge in [-0.1, -0.05) is 60.7 Å². The van der Waals surface area contributed by atoms with Crippen molar-refractivity contribution < 1.29 is 9.13 Å². The van der Waals surface area contributed by atoms with Crippen LogP contribution in [0.4, 0.5) is 4.39 Å². The summed E-state index contributed by atoms with van der Waals surface area (Å²) in [5.41, 5.74) is 3.34. The van der Waals surface area contributed by atoms with E-state index in [0.29, 0.717) is 6.61 Å². The predicted octanol–water partition coefficient (Wildman–Crippen LogP) is 4.40. The third-order valence-electron chi connectivity index (χ3n) is 5.15. The Hall–Kier alpha value is -2.69. The average Bonchev–Trinajstić information content (AvgIpc) is 2.76. The highest BCUT2D eigenvalue weighted by molar-refractivity contribution is 5.42. The molecule has 0 aliphatic carbocycles. The largest absolute Gasteiger partial charge is 0.489 e. The van der Waals surface area contributed by atoms with Crippen LogP contribution in [0.1, 0.15) is 22.7 Å². The van der Waals surface area contributed by atoms with Crippen molar-refractivity contribution in [2.45, 2.75) is 12.6 Å². The van der Waals surface area contributed by atoms with Crippen molar-refractivity contribution in [1.29, 1.82) is 0 Å². The van der Waals surface area contributed by atoms with Gasteiger partial charge in [-0.2, -0.15) is 0 Å². The van der Waals surface area contributed by atoms with Crippen LogP contribution in [-0.2, 0) is 6.61 Å². The molecule has 1 unspecified atom stereocenters. The maximum atomic E-state index is 13.5. The number of ether oxygens (including phenoxy) is 1. The summed E-state index contributed by atoms with van der Waals surface area (Å²) in [5.74, 6) is 0.663. The molecule has 1 N–H and O–H groups in total. The summed E-state index contributed by atoms with van der Waals surface area (Å²) in [6.07, 6.45) is 0. The van der Waals surface area contributed by atoms with Crippen LogP contribution < -0.4 is 10.1 Å². The van der Waals surface area contributed by atoms with Crippen molar-refractivity contribution in [2.75, 3.05) is 26.2 Å². The zero-order valence-corrected chi connectivity index (χ0v) is 15.9. The maximum Gasteiger partial charge on any atom is 0.124 e. The molecule has 144 valence electrons. The Morgan fingerprint density at radius 1 is 0.857 bits per heavy atom. The molecule has 1 aliphatic rings. The minimum atomic E-state index is -0.212. The molecule has 3 aromatic rings. The van der Waals surface area contributed by atoms with E-state index in [2.05, 4.69) is 28.4 Å². The van der Waals surface area contributed by atoms with Crippen molar-refractivity contribution in [3.63, 3.8) is 0 Å². The molecule has 1 heterocycles. The number of hydrogen-bond acceptors (Lipinski definition) is 3. The number of rotatable bonds is 6. The molecule has 3 nitrogen and oxygen atoms in total. The molecule has 4 heteroatoms. The van der Waals surface area contributed by atoms with Gasteiger partial charge in [-0.05, 0) is 29.3 Å². The number of halogens is 1. The van der Waals surface area contributed by atoms with Gasteiger partial charge >= 0.3 is 0 Å². The summed E-state index contributed by atoms with van der Waals surface area (Å²) < 4.78 is 19.8. The zero-order chi connectivity index (χ0) is 19.2. The molecule has 0 aromatic heterocycles. The topological polar surface area (TPSA) is 24.5 Å². The molecule has 1 saturated heterocycles. The van der Waals surface area contributed by atoms with Gasteiger partial charge in [0, 0.05) is 31.7 Å². The van der Waals surface area contributed by atoms with E-state index in [1.54, 1.807) is 0 Å². The number of nitrogens with zero attached hydrogens (tertiary/aromatic N) is 1. The fourth-order valence-electron chi connectivity index (χ4n) is 3.75. The monoisotopic (exact) mass is 376 g/mol. The molecule has 0 bridgehead atoms. The van der Waals surface area contributed by atoms with E-state index in [9.17, 15) is 4.39 Å². The first-order valence-corrected chi connectivity index (χ1v) is 9.77. The first-order valence-electron chi connectivity index (χ1n) is 9.77. The van der Waals surface area contributed by atoms with Gasteiger partial charge in [0.2, 0.25) is 0 Å². The number of piperazine rings is 1. The SMILES string of the molecule is Fc1ccc(C(c2ccccc2OCc2ccccc2)N2CCNCC2)cc1. The normalized spacial score (nSPS) is 15.9. The molecule has 0 amide bonds. The highest BCUT2D eigenvalue weighted by Crippen LogP contribution is 2.35. The van der Waals surface area contributed by atoms with E-state index < -0.39 is 0 Å². The van der Waals surface area contributed by atoms with Crippen molar-refractivity contribution in [1.82, 2.24) is 10.2 Å². The van der Waals surface area contributed by atoms with Crippen LogP contribution in [-0.4, -0.2) is 31.1 Å². The van der Waals surface area contributed by atoms with Crippen molar-refractivity contribution in [3.8, 4) is 5.75 Å². The van der Waals surface area contributed by atoms with Crippen LogP contribution >= 0.6 is 0 Å². The smallest absolute Gasteiger partial charge is 0.124 e. The second-order valence-electron chi connectivity index (χ2n) is 7.05. The molecule has 1 atom stereocenters. The molecule has 28 heavy (non-hydrogen) atoms. The summed E-state index contributed by atoms with van der Waals surface area (Å²) in [5, 5.41) is 3.41. The quantitative estimate of drug-likeness (QED) is 0.690. The number of para-hydroxylation sites is 1. The predicted molar refractivity (Wildman–Crippen MR) is 110 cm³/mol. The number of hydrogen-bond donors (Lipinski definition) is 1. The Kier molecular flexibility index (Phi) is 6.00. The second-order valence-corrected chi connectivity index (χ2v) is 7.05. The summed E-state index contributed by atoms with van der Waals surface area (Å²) in [6.45, 7) is 4.30. The number of nitrogens with one attached hydrogen (secondary N) is 1. The van der Waals surface area contributed by atoms with Crippen LogP contribution in [0.2, 0.25) is 0 Å². The van der Waals surface area contributed by atoms with E-state index in [1.807, 2.05) is 48.5 Å². The standard InChI is InChI=1S/C24H25FN2O/c25-21-12-10-20(11-13-21)24(27-16-14-26-15-17-27)22-8-4-5-9-23(22)28-18-19-6-2-1-3-7-19/h1-13,24,26H,14-18H2. The van der Waals surface area contributed by atoms with Gasteiger partial charge in [0.05, 0.1) is 6.04 Å². The fourth-order valence-corrected chi connectivity index (χ4v) is 3.75. The van der Waals surface area contributed by atoms with Gasteiger partial charge in [0.1, 0.15) is 18.2 Å². The first-order chi connectivity index (χ1) is 13.8.